The summed E-state index contributed by atoms with van der Waals surface area (Å²) in [5, 5.41) is 4.11. The fraction of sp³-hybridized carbons (Fsp3) is 0.429. The van der Waals surface area contributed by atoms with Gasteiger partial charge >= 0.3 is 0 Å². The molecule has 0 unspecified atom stereocenters. The van der Waals surface area contributed by atoms with E-state index in [0.717, 1.165) is 34.5 Å². The molecule has 2 aromatic heterocycles. The van der Waals surface area contributed by atoms with E-state index in [1.807, 2.05) is 31.5 Å². The number of nitrogens with one attached hydrogen (secondary N) is 1. The monoisotopic (exact) mass is 277 g/mol. The molecule has 19 heavy (non-hydrogen) atoms. The van der Waals surface area contributed by atoms with E-state index in [2.05, 4.69) is 29.1 Å². The third-order valence-corrected chi connectivity index (χ3v) is 3.40. The zero-order valence-electron chi connectivity index (χ0n) is 11.5. The Morgan fingerprint density at radius 3 is 2.58 bits per heavy atom. The molecule has 0 bridgehead atoms. The second-order valence-corrected chi connectivity index (χ2v) is 5.68. The SMILES string of the molecule is Cc1cnc(SCc2ccc(CNC(C)C)o2)nc1. The molecule has 102 valence electrons. The van der Waals surface area contributed by atoms with E-state index in [1.165, 1.54) is 0 Å². The number of aromatic nitrogens is 2. The van der Waals surface area contributed by atoms with Crippen LogP contribution in [0.2, 0.25) is 0 Å². The quantitative estimate of drug-likeness (QED) is 0.649. The van der Waals surface area contributed by atoms with Crippen LogP contribution in [-0.4, -0.2) is 16.0 Å². The summed E-state index contributed by atoms with van der Waals surface area (Å²) in [6.07, 6.45) is 3.66. The molecule has 4 nitrogen and oxygen atoms in total. The molecule has 0 atom stereocenters. The van der Waals surface area contributed by atoms with Crippen LogP contribution in [-0.2, 0) is 12.3 Å². The van der Waals surface area contributed by atoms with E-state index >= 15 is 0 Å². The maximum atomic E-state index is 5.74. The van der Waals surface area contributed by atoms with Crippen molar-refractivity contribution < 1.29 is 4.42 Å². The molecule has 0 aliphatic heterocycles. The lowest BCUT2D eigenvalue weighted by Crippen LogP contribution is -2.21. The van der Waals surface area contributed by atoms with Gasteiger partial charge in [-0.15, -0.1) is 0 Å². The molecule has 0 saturated carbocycles. The van der Waals surface area contributed by atoms with Gasteiger partial charge in [0.25, 0.3) is 0 Å². The lowest BCUT2D eigenvalue weighted by molar-refractivity contribution is 0.445. The molecule has 1 N–H and O–H groups in total. The molecule has 0 aliphatic carbocycles. The number of hydrogen-bond donors (Lipinski definition) is 1. The summed E-state index contributed by atoms with van der Waals surface area (Å²) in [6, 6.07) is 4.49. The van der Waals surface area contributed by atoms with Crippen LogP contribution in [0, 0.1) is 6.92 Å². The number of nitrogens with zero attached hydrogens (tertiary/aromatic N) is 2. The van der Waals surface area contributed by atoms with Crippen molar-refractivity contribution in [3.8, 4) is 0 Å². The van der Waals surface area contributed by atoms with Crippen molar-refractivity contribution in [2.45, 2.75) is 44.3 Å². The molecule has 0 aliphatic rings. The smallest absolute Gasteiger partial charge is 0.187 e. The van der Waals surface area contributed by atoms with Gasteiger partial charge in [0.2, 0.25) is 0 Å². The molecule has 2 heterocycles. The van der Waals surface area contributed by atoms with Crippen LogP contribution < -0.4 is 5.32 Å². The first-order valence-corrected chi connectivity index (χ1v) is 7.34. The number of hydrogen-bond acceptors (Lipinski definition) is 5. The van der Waals surface area contributed by atoms with Crippen LogP contribution in [0.1, 0.15) is 30.9 Å². The summed E-state index contributed by atoms with van der Waals surface area (Å²) in [6.45, 7) is 6.99. The molecular weight excluding hydrogens is 258 g/mol. The Bertz CT molecular complexity index is 508. The van der Waals surface area contributed by atoms with E-state index < -0.39 is 0 Å². The van der Waals surface area contributed by atoms with E-state index in [0.29, 0.717) is 6.04 Å². The number of furan rings is 1. The minimum Gasteiger partial charge on any atom is -0.464 e. The van der Waals surface area contributed by atoms with Gasteiger partial charge in [-0.1, -0.05) is 25.6 Å². The normalized spacial score (nSPS) is 11.2. The van der Waals surface area contributed by atoms with E-state index in [9.17, 15) is 0 Å². The first-order valence-electron chi connectivity index (χ1n) is 6.36. The van der Waals surface area contributed by atoms with Gasteiger partial charge in [0.15, 0.2) is 5.16 Å². The number of thioether (sulfide) groups is 1. The van der Waals surface area contributed by atoms with Gasteiger partial charge < -0.3 is 9.73 Å². The van der Waals surface area contributed by atoms with Gasteiger partial charge in [0, 0.05) is 18.4 Å². The number of rotatable bonds is 6. The van der Waals surface area contributed by atoms with E-state index in [1.54, 1.807) is 11.8 Å². The molecule has 0 spiro atoms. The molecule has 2 aromatic rings. The Kier molecular flexibility index (Phi) is 4.99. The van der Waals surface area contributed by atoms with Crippen molar-refractivity contribution in [2.24, 2.45) is 0 Å². The first kappa shape index (κ1) is 14.1. The van der Waals surface area contributed by atoms with E-state index in [-0.39, 0.29) is 0 Å². The van der Waals surface area contributed by atoms with Crippen molar-refractivity contribution in [3.63, 3.8) is 0 Å². The van der Waals surface area contributed by atoms with E-state index in [4.69, 9.17) is 4.42 Å². The van der Waals surface area contributed by atoms with Crippen LogP contribution in [0.25, 0.3) is 0 Å². The maximum Gasteiger partial charge on any atom is 0.187 e. The fourth-order valence-electron chi connectivity index (χ4n) is 1.49. The third-order valence-electron chi connectivity index (χ3n) is 2.50. The lowest BCUT2D eigenvalue weighted by atomic mass is 10.3. The molecule has 2 rings (SSSR count). The van der Waals surface area contributed by atoms with Crippen LogP contribution >= 0.6 is 11.8 Å². The average Bonchev–Trinajstić information content (AvgIpc) is 2.84. The Morgan fingerprint density at radius 1 is 1.21 bits per heavy atom. The van der Waals surface area contributed by atoms with Gasteiger partial charge in [-0.05, 0) is 24.6 Å². The highest BCUT2D eigenvalue weighted by Crippen LogP contribution is 2.20. The molecule has 0 amide bonds. The topological polar surface area (TPSA) is 51.0 Å². The second-order valence-electron chi connectivity index (χ2n) is 4.74. The van der Waals surface area contributed by atoms with Gasteiger partial charge in [-0.25, -0.2) is 9.97 Å². The zero-order chi connectivity index (χ0) is 13.7. The van der Waals surface area contributed by atoms with Crippen molar-refractivity contribution in [1.82, 2.24) is 15.3 Å². The van der Waals surface area contributed by atoms with Crippen molar-refractivity contribution in [1.29, 1.82) is 0 Å². The predicted molar refractivity (Wildman–Crippen MR) is 77.0 cm³/mol. The standard InChI is InChI=1S/C14H19N3OS/c1-10(2)15-8-12-4-5-13(18-12)9-19-14-16-6-11(3)7-17-14/h4-7,10,15H,8-9H2,1-3H3. The molecule has 0 radical (unpaired) electrons. The summed E-state index contributed by atoms with van der Waals surface area (Å²) < 4.78 is 5.74. The van der Waals surface area contributed by atoms with Gasteiger partial charge in [-0.3, -0.25) is 0 Å². The van der Waals surface area contributed by atoms with Gasteiger partial charge in [0.05, 0.1) is 12.3 Å². The Morgan fingerprint density at radius 2 is 1.89 bits per heavy atom. The molecule has 0 fully saturated rings. The van der Waals surface area contributed by atoms with Crippen molar-refractivity contribution in [2.75, 3.05) is 0 Å². The Balaban J connectivity index is 1.84. The highest BCUT2D eigenvalue weighted by molar-refractivity contribution is 7.98. The molecule has 0 aromatic carbocycles. The van der Waals surface area contributed by atoms with Gasteiger partial charge in [-0.2, -0.15) is 0 Å². The average molecular weight is 277 g/mol. The highest BCUT2D eigenvalue weighted by Gasteiger charge is 2.05. The van der Waals surface area contributed by atoms with Crippen LogP contribution in [0.5, 0.6) is 0 Å². The fourth-order valence-corrected chi connectivity index (χ4v) is 2.17. The molecular formula is C14H19N3OS. The summed E-state index contributed by atoms with van der Waals surface area (Å²) >= 11 is 1.58. The minimum atomic E-state index is 0.462. The summed E-state index contributed by atoms with van der Waals surface area (Å²) in [5.41, 5.74) is 1.07. The van der Waals surface area contributed by atoms with Crippen LogP contribution in [0.4, 0.5) is 0 Å². The van der Waals surface area contributed by atoms with Crippen LogP contribution in [0.3, 0.4) is 0 Å². The zero-order valence-corrected chi connectivity index (χ0v) is 12.3. The molecule has 0 saturated heterocycles. The highest BCUT2D eigenvalue weighted by atomic mass is 32.2. The minimum absolute atomic E-state index is 0.462. The third kappa shape index (κ3) is 4.69. The molecule has 5 heteroatoms. The largest absolute Gasteiger partial charge is 0.464 e. The Hall–Kier alpha value is -1.33. The summed E-state index contributed by atoms with van der Waals surface area (Å²) in [4.78, 5) is 8.52. The summed E-state index contributed by atoms with van der Waals surface area (Å²) in [5.74, 6) is 2.67. The number of aryl methyl sites for hydroxylation is 1. The summed E-state index contributed by atoms with van der Waals surface area (Å²) in [7, 11) is 0. The van der Waals surface area contributed by atoms with Crippen molar-refractivity contribution >= 4 is 11.8 Å². The maximum absolute atomic E-state index is 5.74. The lowest BCUT2D eigenvalue weighted by Gasteiger charge is -2.05. The van der Waals surface area contributed by atoms with Crippen LogP contribution in [0.15, 0.2) is 34.1 Å². The van der Waals surface area contributed by atoms with Gasteiger partial charge in [0.1, 0.15) is 11.5 Å². The second kappa shape index (κ2) is 6.73. The first-order chi connectivity index (χ1) is 9.13. The van der Waals surface area contributed by atoms with Crippen molar-refractivity contribution in [3.05, 3.63) is 41.6 Å². The Labute approximate surface area is 118 Å². The predicted octanol–water partition coefficient (Wildman–Crippen LogP) is 3.17.